The van der Waals surface area contributed by atoms with Gasteiger partial charge >= 0.3 is 5.97 Å². The number of rotatable bonds is 18. The summed E-state index contributed by atoms with van der Waals surface area (Å²) in [6.45, 7) is 3.71. The van der Waals surface area contributed by atoms with Crippen LogP contribution in [0.5, 0.6) is 0 Å². The minimum Gasteiger partial charge on any atom is -0.435 e. The predicted octanol–water partition coefficient (Wildman–Crippen LogP) is 7.71. The maximum absolute atomic E-state index is 10.6. The van der Waals surface area contributed by atoms with Gasteiger partial charge in [0, 0.05) is 6.92 Å². The van der Waals surface area contributed by atoms with Crippen LogP contribution in [0, 0.1) is 0 Å². The van der Waals surface area contributed by atoms with E-state index in [1.807, 2.05) is 6.08 Å². The fourth-order valence-corrected chi connectivity index (χ4v) is 3.02. The van der Waals surface area contributed by atoms with Crippen molar-refractivity contribution in [2.45, 2.75) is 123 Å². The molecule has 0 saturated heterocycles. The van der Waals surface area contributed by atoms with E-state index in [2.05, 4.69) is 6.92 Å². The first-order valence-electron chi connectivity index (χ1n) is 10.6. The molecule has 0 aromatic rings. The number of carbonyl (C=O) groups is 1. The van der Waals surface area contributed by atoms with Crippen molar-refractivity contribution < 1.29 is 9.53 Å². The number of hydrogen-bond donors (Lipinski definition) is 0. The first-order valence-corrected chi connectivity index (χ1v) is 10.6. The lowest BCUT2D eigenvalue weighted by molar-refractivity contribution is -0.135. The van der Waals surface area contributed by atoms with Crippen LogP contribution < -0.4 is 0 Å². The van der Waals surface area contributed by atoms with Crippen molar-refractivity contribution in [3.05, 3.63) is 12.3 Å². The standard InChI is InChI=1S/C22H42O2/c1-3-4-5-6-7-8-9-10-11-12-13-14-15-16-17-18-19-20-21-24-22(2)23/h20-21H,3-19H2,1-2H3. The molecule has 0 aromatic carbocycles. The number of ether oxygens (including phenoxy) is 1. The van der Waals surface area contributed by atoms with Gasteiger partial charge in [0.25, 0.3) is 0 Å². The minimum atomic E-state index is -0.238. The zero-order valence-electron chi connectivity index (χ0n) is 16.5. The Labute approximate surface area is 151 Å². The molecule has 0 bridgehead atoms. The fourth-order valence-electron chi connectivity index (χ4n) is 3.02. The van der Waals surface area contributed by atoms with Crippen LogP contribution in [0.2, 0.25) is 0 Å². The van der Waals surface area contributed by atoms with E-state index in [1.54, 1.807) is 0 Å². The maximum Gasteiger partial charge on any atom is 0.307 e. The first-order chi connectivity index (χ1) is 11.8. The van der Waals surface area contributed by atoms with Crippen molar-refractivity contribution in [1.29, 1.82) is 0 Å². The second kappa shape index (κ2) is 20.3. The van der Waals surface area contributed by atoms with Crippen LogP contribution in [0.4, 0.5) is 0 Å². The van der Waals surface area contributed by atoms with Crippen molar-refractivity contribution in [2.24, 2.45) is 0 Å². The lowest BCUT2D eigenvalue weighted by Gasteiger charge is -2.03. The molecule has 0 rings (SSSR count). The normalized spacial score (nSPS) is 11.2. The summed E-state index contributed by atoms with van der Waals surface area (Å²) in [5, 5.41) is 0. The zero-order valence-corrected chi connectivity index (χ0v) is 16.5. The van der Waals surface area contributed by atoms with Crippen LogP contribution in [0.15, 0.2) is 12.3 Å². The molecule has 0 atom stereocenters. The minimum absolute atomic E-state index is 0.238. The van der Waals surface area contributed by atoms with Gasteiger partial charge in [-0.05, 0) is 18.9 Å². The van der Waals surface area contributed by atoms with Gasteiger partial charge in [0.2, 0.25) is 0 Å². The molecule has 0 aliphatic carbocycles. The van der Waals surface area contributed by atoms with Crippen LogP contribution in [0.1, 0.15) is 123 Å². The summed E-state index contributed by atoms with van der Waals surface area (Å²) >= 11 is 0. The van der Waals surface area contributed by atoms with Gasteiger partial charge in [-0.2, -0.15) is 0 Å². The van der Waals surface area contributed by atoms with E-state index >= 15 is 0 Å². The first kappa shape index (κ1) is 23.2. The van der Waals surface area contributed by atoms with Gasteiger partial charge < -0.3 is 4.74 Å². The Hall–Kier alpha value is -0.790. The molecule has 2 nitrogen and oxygen atoms in total. The van der Waals surface area contributed by atoms with E-state index in [0.29, 0.717) is 0 Å². The Morgan fingerprint density at radius 1 is 0.667 bits per heavy atom. The molecule has 0 radical (unpaired) electrons. The molecule has 24 heavy (non-hydrogen) atoms. The highest BCUT2D eigenvalue weighted by Crippen LogP contribution is 2.14. The molecular formula is C22H42O2. The predicted molar refractivity (Wildman–Crippen MR) is 105 cm³/mol. The largest absolute Gasteiger partial charge is 0.435 e. The molecule has 0 saturated carbocycles. The van der Waals surface area contributed by atoms with Crippen molar-refractivity contribution in [3.8, 4) is 0 Å². The highest BCUT2D eigenvalue weighted by Gasteiger charge is 1.94. The molecule has 0 aromatic heterocycles. The van der Waals surface area contributed by atoms with Crippen LogP contribution in [-0.4, -0.2) is 5.97 Å². The molecule has 142 valence electrons. The summed E-state index contributed by atoms with van der Waals surface area (Å²) < 4.78 is 4.75. The summed E-state index contributed by atoms with van der Waals surface area (Å²) in [6, 6.07) is 0. The second-order valence-corrected chi connectivity index (χ2v) is 7.07. The monoisotopic (exact) mass is 338 g/mol. The fraction of sp³-hybridized carbons (Fsp3) is 0.864. The van der Waals surface area contributed by atoms with Gasteiger partial charge in [0.1, 0.15) is 0 Å². The van der Waals surface area contributed by atoms with Crippen LogP contribution >= 0.6 is 0 Å². The van der Waals surface area contributed by atoms with Gasteiger partial charge in [0.05, 0.1) is 6.26 Å². The number of hydrogen-bond acceptors (Lipinski definition) is 2. The number of unbranched alkanes of at least 4 members (excludes halogenated alkanes) is 16. The molecular weight excluding hydrogens is 296 g/mol. The van der Waals surface area contributed by atoms with Crippen molar-refractivity contribution >= 4 is 5.97 Å². The molecule has 0 spiro atoms. The van der Waals surface area contributed by atoms with E-state index in [4.69, 9.17) is 4.74 Å². The van der Waals surface area contributed by atoms with Crippen LogP contribution in [-0.2, 0) is 9.53 Å². The summed E-state index contributed by atoms with van der Waals surface area (Å²) in [5.74, 6) is -0.238. The van der Waals surface area contributed by atoms with E-state index < -0.39 is 0 Å². The second-order valence-electron chi connectivity index (χ2n) is 7.07. The van der Waals surface area contributed by atoms with E-state index in [9.17, 15) is 4.79 Å². The van der Waals surface area contributed by atoms with Gasteiger partial charge in [-0.25, -0.2) is 0 Å². The maximum atomic E-state index is 10.6. The SMILES string of the molecule is CCCCCCCCCCCCCCCCCCC=COC(C)=O. The molecule has 0 amide bonds. The van der Waals surface area contributed by atoms with Gasteiger partial charge in [-0.1, -0.05) is 103 Å². The molecule has 2 heteroatoms. The molecule has 0 unspecified atom stereocenters. The molecule has 0 N–H and O–H groups in total. The molecule has 0 heterocycles. The zero-order chi connectivity index (χ0) is 17.7. The van der Waals surface area contributed by atoms with Crippen LogP contribution in [0.3, 0.4) is 0 Å². The Kier molecular flexibility index (Phi) is 19.6. The van der Waals surface area contributed by atoms with Crippen molar-refractivity contribution in [3.63, 3.8) is 0 Å². The highest BCUT2D eigenvalue weighted by atomic mass is 16.5. The van der Waals surface area contributed by atoms with E-state index in [-0.39, 0.29) is 5.97 Å². The Morgan fingerprint density at radius 3 is 1.42 bits per heavy atom. The lowest BCUT2D eigenvalue weighted by atomic mass is 10.0. The van der Waals surface area contributed by atoms with Crippen molar-refractivity contribution in [1.82, 2.24) is 0 Å². The molecule has 0 aliphatic heterocycles. The van der Waals surface area contributed by atoms with Crippen LogP contribution in [0.25, 0.3) is 0 Å². The summed E-state index contributed by atoms with van der Waals surface area (Å²) in [4.78, 5) is 10.6. The average Bonchev–Trinajstić information content (AvgIpc) is 2.56. The molecule has 0 aliphatic rings. The van der Waals surface area contributed by atoms with E-state index in [1.165, 1.54) is 116 Å². The number of allylic oxidation sites excluding steroid dienone is 1. The average molecular weight is 339 g/mol. The summed E-state index contributed by atoms with van der Waals surface area (Å²) in [6.07, 6.45) is 26.9. The third-order valence-corrected chi connectivity index (χ3v) is 4.55. The topological polar surface area (TPSA) is 26.3 Å². The lowest BCUT2D eigenvalue weighted by Crippen LogP contribution is -1.89. The van der Waals surface area contributed by atoms with Gasteiger partial charge in [-0.15, -0.1) is 0 Å². The summed E-state index contributed by atoms with van der Waals surface area (Å²) in [7, 11) is 0. The quantitative estimate of drug-likeness (QED) is 0.145. The highest BCUT2D eigenvalue weighted by molar-refractivity contribution is 5.66. The third-order valence-electron chi connectivity index (χ3n) is 4.55. The third kappa shape index (κ3) is 21.2. The number of esters is 1. The Morgan fingerprint density at radius 2 is 1.04 bits per heavy atom. The Bertz CT molecular complexity index is 284. The van der Waals surface area contributed by atoms with Gasteiger partial charge in [-0.3, -0.25) is 4.79 Å². The van der Waals surface area contributed by atoms with Crippen molar-refractivity contribution in [2.75, 3.05) is 0 Å². The summed E-state index contributed by atoms with van der Waals surface area (Å²) in [5.41, 5.74) is 0. The smallest absolute Gasteiger partial charge is 0.307 e. The van der Waals surface area contributed by atoms with E-state index in [0.717, 1.165) is 6.42 Å². The van der Waals surface area contributed by atoms with Gasteiger partial charge in [0.15, 0.2) is 0 Å². The number of carbonyl (C=O) groups excluding carboxylic acids is 1. The molecule has 0 fully saturated rings. The Balaban J connectivity index is 3.02.